The van der Waals surface area contributed by atoms with Crippen LogP contribution in [0.3, 0.4) is 0 Å². The molecule has 0 atom stereocenters. The monoisotopic (exact) mass is 847 g/mol. The molecular weight excluding hydrogens is 795 g/mol. The molecule has 1 spiro atoms. The summed E-state index contributed by atoms with van der Waals surface area (Å²) < 4.78 is 0. The van der Waals surface area contributed by atoms with Gasteiger partial charge >= 0.3 is 0 Å². The fraction of sp³-hybridized carbons (Fsp3) is 0.138. The molecule has 10 aromatic carbocycles. The van der Waals surface area contributed by atoms with Gasteiger partial charge in [0.15, 0.2) is 0 Å². The van der Waals surface area contributed by atoms with Gasteiger partial charge in [-0.3, -0.25) is 0 Å². The number of hydrogen-bond donors (Lipinski definition) is 1. The lowest BCUT2D eigenvalue weighted by molar-refractivity contribution is 0.586. The van der Waals surface area contributed by atoms with Crippen LogP contribution in [0.2, 0.25) is 0 Å². The molecule has 0 heterocycles. The van der Waals surface area contributed by atoms with Crippen molar-refractivity contribution < 1.29 is 0 Å². The highest BCUT2D eigenvalue weighted by molar-refractivity contribution is 5.97. The van der Waals surface area contributed by atoms with Crippen molar-refractivity contribution in [3.63, 3.8) is 0 Å². The molecular formula is C65H53N. The van der Waals surface area contributed by atoms with Gasteiger partial charge in [0.1, 0.15) is 0 Å². The number of anilines is 2. The normalized spacial score (nSPS) is 13.4. The van der Waals surface area contributed by atoms with Gasteiger partial charge in [0.25, 0.3) is 0 Å². The van der Waals surface area contributed by atoms with Crippen LogP contribution in [0.15, 0.2) is 206 Å². The maximum atomic E-state index is 3.83. The molecule has 0 fully saturated rings. The molecule has 2 aliphatic rings. The lowest BCUT2D eigenvalue weighted by Gasteiger charge is -2.33. The van der Waals surface area contributed by atoms with E-state index < -0.39 is 5.41 Å². The van der Waals surface area contributed by atoms with Gasteiger partial charge in [-0.05, 0) is 164 Å². The third-order valence-corrected chi connectivity index (χ3v) is 14.6. The Morgan fingerprint density at radius 1 is 0.288 bits per heavy atom. The van der Waals surface area contributed by atoms with Crippen LogP contribution < -0.4 is 5.32 Å². The summed E-state index contributed by atoms with van der Waals surface area (Å²) in [5.41, 5.74) is 22.6. The second-order valence-corrected chi connectivity index (χ2v) is 20.7. The molecule has 0 aliphatic heterocycles. The van der Waals surface area contributed by atoms with Gasteiger partial charge in [0, 0.05) is 11.4 Å². The van der Waals surface area contributed by atoms with Crippen LogP contribution in [0.1, 0.15) is 74.9 Å². The molecule has 66 heavy (non-hydrogen) atoms. The molecule has 0 unspecified atom stereocenters. The molecule has 0 radical (unpaired) electrons. The van der Waals surface area contributed by atoms with Crippen molar-refractivity contribution in [2.75, 3.05) is 5.32 Å². The summed E-state index contributed by atoms with van der Waals surface area (Å²) in [6.45, 7) is 14.0. The fourth-order valence-electron chi connectivity index (χ4n) is 10.9. The summed E-state index contributed by atoms with van der Waals surface area (Å²) in [6.07, 6.45) is 0. The SMILES string of the molecule is CC(C)(C)c1ccc2c(c1)C1(c3ccccc3-c3ccc(Nc4ccc(-c5ccc(-c6ccc7cc(-c8ccc9ccccc9c8)ccc7c6)cc5)cc4)cc31)c1cc(C(C)(C)C)ccc1-2. The van der Waals surface area contributed by atoms with E-state index >= 15 is 0 Å². The largest absolute Gasteiger partial charge is 0.356 e. The standard InChI is InChI=1S/C65H53N/c1-63(2,3)51-27-32-56-57-33-28-52(64(4,5)6)39-61(57)65(60(56)38-51)59-14-10-9-13-55(59)58-34-31-54(40-62(58)65)66-53-29-25-43(26-30-53)42-15-17-44(18-16-42)46-21-22-49-37-50(24-23-48(49)36-46)47-20-19-41-11-7-8-12-45(41)35-47/h7-40,66H,1-6H3. The molecule has 0 saturated heterocycles. The van der Waals surface area contributed by atoms with E-state index in [9.17, 15) is 0 Å². The van der Waals surface area contributed by atoms with Crippen LogP contribution in [0.4, 0.5) is 11.4 Å². The Hall–Kier alpha value is -7.48. The maximum Gasteiger partial charge on any atom is 0.0726 e. The first-order chi connectivity index (χ1) is 31.9. The zero-order chi connectivity index (χ0) is 45.0. The minimum Gasteiger partial charge on any atom is -0.356 e. The number of rotatable bonds is 5. The third-order valence-electron chi connectivity index (χ3n) is 14.6. The van der Waals surface area contributed by atoms with E-state index in [-0.39, 0.29) is 10.8 Å². The smallest absolute Gasteiger partial charge is 0.0726 e. The minimum atomic E-state index is -0.429. The highest BCUT2D eigenvalue weighted by Crippen LogP contribution is 2.64. The highest BCUT2D eigenvalue weighted by atomic mass is 14.9. The van der Waals surface area contributed by atoms with Crippen molar-refractivity contribution in [2.45, 2.75) is 57.8 Å². The first-order valence-electron chi connectivity index (χ1n) is 23.5. The summed E-state index contributed by atoms with van der Waals surface area (Å²) in [4.78, 5) is 0. The van der Waals surface area contributed by atoms with E-state index in [1.165, 1.54) is 111 Å². The average Bonchev–Trinajstić information content (AvgIpc) is 3.79. The molecule has 1 N–H and O–H groups in total. The molecule has 0 aromatic heterocycles. The average molecular weight is 848 g/mol. The Balaban J connectivity index is 0.840. The zero-order valence-corrected chi connectivity index (χ0v) is 38.6. The molecule has 0 saturated carbocycles. The molecule has 0 amide bonds. The predicted octanol–water partition coefficient (Wildman–Crippen LogP) is 17.7. The van der Waals surface area contributed by atoms with E-state index in [4.69, 9.17) is 0 Å². The molecule has 10 aromatic rings. The van der Waals surface area contributed by atoms with Crippen LogP contribution in [0.25, 0.3) is 77.2 Å². The highest BCUT2D eigenvalue weighted by Gasteiger charge is 2.52. The fourth-order valence-corrected chi connectivity index (χ4v) is 10.9. The number of fused-ring (bicyclic) bond motifs is 12. The van der Waals surface area contributed by atoms with E-state index in [1.54, 1.807) is 0 Å². The maximum absolute atomic E-state index is 3.83. The van der Waals surface area contributed by atoms with Crippen LogP contribution in [-0.4, -0.2) is 0 Å². The van der Waals surface area contributed by atoms with Gasteiger partial charge in [-0.2, -0.15) is 0 Å². The Morgan fingerprint density at radius 3 is 1.23 bits per heavy atom. The molecule has 12 rings (SSSR count). The van der Waals surface area contributed by atoms with E-state index in [0.717, 1.165) is 11.4 Å². The third kappa shape index (κ3) is 6.44. The van der Waals surface area contributed by atoms with Gasteiger partial charge in [-0.1, -0.05) is 205 Å². The summed E-state index contributed by atoms with van der Waals surface area (Å²) in [5, 5.41) is 8.86. The quantitative estimate of drug-likeness (QED) is 0.182. The number of nitrogens with one attached hydrogen (secondary N) is 1. The molecule has 318 valence electrons. The van der Waals surface area contributed by atoms with E-state index in [2.05, 4.69) is 253 Å². The van der Waals surface area contributed by atoms with Crippen molar-refractivity contribution in [3.8, 4) is 55.6 Å². The Kier molecular flexibility index (Phi) is 8.97. The van der Waals surface area contributed by atoms with Crippen molar-refractivity contribution >= 4 is 32.9 Å². The Morgan fingerprint density at radius 2 is 0.667 bits per heavy atom. The number of hydrogen-bond acceptors (Lipinski definition) is 1. The summed E-state index contributed by atoms with van der Waals surface area (Å²) >= 11 is 0. The van der Waals surface area contributed by atoms with Crippen molar-refractivity contribution in [1.29, 1.82) is 0 Å². The topological polar surface area (TPSA) is 12.0 Å². The van der Waals surface area contributed by atoms with Gasteiger partial charge in [0.2, 0.25) is 0 Å². The van der Waals surface area contributed by atoms with Crippen molar-refractivity contribution in [1.82, 2.24) is 0 Å². The zero-order valence-electron chi connectivity index (χ0n) is 38.6. The van der Waals surface area contributed by atoms with Crippen LogP contribution in [0.5, 0.6) is 0 Å². The molecule has 1 heteroatoms. The Bertz CT molecular complexity index is 3490. The number of benzene rings is 10. The van der Waals surface area contributed by atoms with Crippen molar-refractivity contribution in [2.24, 2.45) is 0 Å². The Labute approximate surface area is 389 Å². The van der Waals surface area contributed by atoms with Crippen LogP contribution >= 0.6 is 0 Å². The summed E-state index contributed by atoms with van der Waals surface area (Å²) in [7, 11) is 0. The first kappa shape index (κ1) is 40.1. The summed E-state index contributed by atoms with van der Waals surface area (Å²) in [5.74, 6) is 0. The predicted molar refractivity (Wildman–Crippen MR) is 281 cm³/mol. The van der Waals surface area contributed by atoms with E-state index in [0.29, 0.717) is 0 Å². The van der Waals surface area contributed by atoms with Gasteiger partial charge in [0.05, 0.1) is 5.41 Å². The summed E-state index contributed by atoms with van der Waals surface area (Å²) in [6, 6.07) is 77.5. The minimum absolute atomic E-state index is 0.0165. The molecule has 1 nitrogen and oxygen atoms in total. The lowest BCUT2D eigenvalue weighted by atomic mass is 9.68. The van der Waals surface area contributed by atoms with Crippen molar-refractivity contribution in [3.05, 3.63) is 240 Å². The second-order valence-electron chi connectivity index (χ2n) is 20.7. The van der Waals surface area contributed by atoms with Gasteiger partial charge in [-0.15, -0.1) is 0 Å². The van der Waals surface area contributed by atoms with Crippen LogP contribution in [-0.2, 0) is 16.2 Å². The van der Waals surface area contributed by atoms with Crippen LogP contribution in [0, 0.1) is 0 Å². The molecule has 2 aliphatic carbocycles. The van der Waals surface area contributed by atoms with Gasteiger partial charge < -0.3 is 5.32 Å². The van der Waals surface area contributed by atoms with E-state index in [1.807, 2.05) is 0 Å². The van der Waals surface area contributed by atoms with Gasteiger partial charge in [-0.25, -0.2) is 0 Å². The molecule has 0 bridgehead atoms. The second kappa shape index (κ2) is 14.8. The lowest BCUT2D eigenvalue weighted by Crippen LogP contribution is -2.27. The first-order valence-corrected chi connectivity index (χ1v) is 23.5.